The van der Waals surface area contributed by atoms with Crippen molar-refractivity contribution in [2.45, 2.75) is 6.42 Å². The van der Waals surface area contributed by atoms with E-state index in [9.17, 15) is 14.0 Å². The first-order valence-electron chi connectivity index (χ1n) is 6.57. The van der Waals surface area contributed by atoms with Crippen LogP contribution in [0, 0.1) is 5.82 Å². The fourth-order valence-corrected chi connectivity index (χ4v) is 2.37. The number of fused-ring (bicyclic) bond motifs is 1. The Bertz CT molecular complexity index is 715. The number of halogens is 1. The fraction of sp³-hybridized carbons (Fsp3) is 0.125. The lowest BCUT2D eigenvalue weighted by Gasteiger charge is -2.29. The van der Waals surface area contributed by atoms with E-state index in [2.05, 4.69) is 5.32 Å². The SMILES string of the molecule is O=C1CN(C(=O)Cc2cccc(F)c2)c2ccccc2N1. The number of nitrogens with one attached hydrogen (secondary N) is 1. The van der Waals surface area contributed by atoms with Crippen molar-refractivity contribution < 1.29 is 14.0 Å². The van der Waals surface area contributed by atoms with Crippen molar-refractivity contribution in [2.24, 2.45) is 0 Å². The molecule has 106 valence electrons. The molecule has 0 aromatic heterocycles. The first-order valence-corrected chi connectivity index (χ1v) is 6.57. The molecule has 1 N–H and O–H groups in total. The van der Waals surface area contributed by atoms with Crippen molar-refractivity contribution in [3.63, 3.8) is 0 Å². The van der Waals surface area contributed by atoms with Gasteiger partial charge in [0.25, 0.3) is 0 Å². The molecule has 3 rings (SSSR count). The number of rotatable bonds is 2. The first-order chi connectivity index (χ1) is 10.1. The summed E-state index contributed by atoms with van der Waals surface area (Å²) < 4.78 is 13.2. The molecule has 4 nitrogen and oxygen atoms in total. The van der Waals surface area contributed by atoms with E-state index in [-0.39, 0.29) is 30.6 Å². The average Bonchev–Trinajstić information content (AvgIpc) is 2.46. The number of para-hydroxylation sites is 2. The quantitative estimate of drug-likeness (QED) is 0.920. The molecule has 0 fully saturated rings. The van der Waals surface area contributed by atoms with Gasteiger partial charge in [-0.3, -0.25) is 9.59 Å². The van der Waals surface area contributed by atoms with E-state index < -0.39 is 0 Å². The van der Waals surface area contributed by atoms with E-state index in [0.717, 1.165) is 0 Å². The van der Waals surface area contributed by atoms with E-state index in [4.69, 9.17) is 0 Å². The Morgan fingerprint density at radius 3 is 2.81 bits per heavy atom. The van der Waals surface area contributed by atoms with Crippen LogP contribution in [-0.2, 0) is 16.0 Å². The van der Waals surface area contributed by atoms with Crippen molar-refractivity contribution in [2.75, 3.05) is 16.8 Å². The summed E-state index contributed by atoms with van der Waals surface area (Å²) in [5.74, 6) is -0.846. The van der Waals surface area contributed by atoms with Crippen LogP contribution in [0.1, 0.15) is 5.56 Å². The molecule has 2 aromatic carbocycles. The summed E-state index contributed by atoms with van der Waals surface area (Å²) in [6, 6.07) is 13.0. The monoisotopic (exact) mass is 284 g/mol. The van der Waals surface area contributed by atoms with E-state index in [1.807, 2.05) is 0 Å². The average molecular weight is 284 g/mol. The van der Waals surface area contributed by atoms with Crippen molar-refractivity contribution in [3.05, 3.63) is 59.9 Å². The third-order valence-corrected chi connectivity index (χ3v) is 3.32. The summed E-state index contributed by atoms with van der Waals surface area (Å²) >= 11 is 0. The van der Waals surface area contributed by atoms with Crippen LogP contribution in [0.3, 0.4) is 0 Å². The van der Waals surface area contributed by atoms with Crippen LogP contribution in [0.4, 0.5) is 15.8 Å². The smallest absolute Gasteiger partial charge is 0.244 e. The van der Waals surface area contributed by atoms with Crippen LogP contribution in [0.25, 0.3) is 0 Å². The number of hydrogen-bond acceptors (Lipinski definition) is 2. The second kappa shape index (κ2) is 5.36. The molecular weight excluding hydrogens is 271 g/mol. The molecule has 2 aromatic rings. The van der Waals surface area contributed by atoms with Gasteiger partial charge in [-0.1, -0.05) is 24.3 Å². The molecule has 0 spiro atoms. The van der Waals surface area contributed by atoms with Gasteiger partial charge in [-0.2, -0.15) is 0 Å². The number of carbonyl (C=O) groups excluding carboxylic acids is 2. The highest BCUT2D eigenvalue weighted by Crippen LogP contribution is 2.29. The number of nitrogens with zero attached hydrogens (tertiary/aromatic N) is 1. The summed E-state index contributed by atoms with van der Waals surface area (Å²) in [6.07, 6.45) is 0.0549. The largest absolute Gasteiger partial charge is 0.323 e. The first kappa shape index (κ1) is 13.3. The summed E-state index contributed by atoms with van der Waals surface area (Å²) in [6.45, 7) is -0.0227. The fourth-order valence-electron chi connectivity index (χ4n) is 2.37. The number of benzene rings is 2. The minimum atomic E-state index is -0.378. The highest BCUT2D eigenvalue weighted by atomic mass is 19.1. The Morgan fingerprint density at radius 1 is 1.19 bits per heavy atom. The molecule has 0 saturated heterocycles. The van der Waals surface area contributed by atoms with Gasteiger partial charge >= 0.3 is 0 Å². The zero-order valence-corrected chi connectivity index (χ0v) is 11.2. The van der Waals surface area contributed by atoms with Gasteiger partial charge in [0.1, 0.15) is 12.4 Å². The third kappa shape index (κ3) is 2.76. The lowest BCUT2D eigenvalue weighted by Crippen LogP contribution is -2.42. The van der Waals surface area contributed by atoms with Crippen LogP contribution in [0.15, 0.2) is 48.5 Å². The maximum Gasteiger partial charge on any atom is 0.244 e. The predicted octanol–water partition coefficient (Wildman–Crippen LogP) is 2.35. The highest BCUT2D eigenvalue weighted by molar-refractivity contribution is 6.10. The van der Waals surface area contributed by atoms with Gasteiger partial charge in [0.2, 0.25) is 11.8 Å². The van der Waals surface area contributed by atoms with E-state index in [1.54, 1.807) is 36.4 Å². The lowest BCUT2D eigenvalue weighted by molar-refractivity contribution is -0.121. The van der Waals surface area contributed by atoms with Gasteiger partial charge in [-0.05, 0) is 29.8 Å². The summed E-state index contributed by atoms with van der Waals surface area (Å²) in [5.41, 5.74) is 1.86. The summed E-state index contributed by atoms with van der Waals surface area (Å²) in [4.78, 5) is 25.5. The van der Waals surface area contributed by atoms with Gasteiger partial charge in [-0.15, -0.1) is 0 Å². The van der Waals surface area contributed by atoms with Gasteiger partial charge in [0, 0.05) is 0 Å². The molecule has 1 aliphatic rings. The zero-order valence-electron chi connectivity index (χ0n) is 11.2. The van der Waals surface area contributed by atoms with E-state index in [0.29, 0.717) is 16.9 Å². The van der Waals surface area contributed by atoms with Gasteiger partial charge in [0.15, 0.2) is 0 Å². The lowest BCUT2D eigenvalue weighted by atomic mass is 10.1. The van der Waals surface area contributed by atoms with Crippen LogP contribution in [0.2, 0.25) is 0 Å². The molecule has 0 bridgehead atoms. The number of anilines is 2. The maximum absolute atomic E-state index is 13.2. The maximum atomic E-state index is 13.2. The topological polar surface area (TPSA) is 49.4 Å². The zero-order chi connectivity index (χ0) is 14.8. The number of hydrogen-bond donors (Lipinski definition) is 1. The van der Waals surface area contributed by atoms with Crippen molar-refractivity contribution in [1.29, 1.82) is 0 Å². The molecule has 0 saturated carbocycles. The Labute approximate surface area is 121 Å². The molecule has 1 heterocycles. The van der Waals surface area contributed by atoms with Crippen molar-refractivity contribution in [1.82, 2.24) is 0 Å². The standard InChI is InChI=1S/C16H13FN2O2/c17-12-5-3-4-11(8-12)9-16(21)19-10-15(20)18-13-6-1-2-7-14(13)19/h1-8H,9-10H2,(H,18,20). The Hall–Kier alpha value is -2.69. The molecular formula is C16H13FN2O2. The van der Waals surface area contributed by atoms with Crippen molar-refractivity contribution >= 4 is 23.2 Å². The van der Waals surface area contributed by atoms with Crippen LogP contribution in [0.5, 0.6) is 0 Å². The van der Waals surface area contributed by atoms with Gasteiger partial charge in [-0.25, -0.2) is 4.39 Å². The third-order valence-electron chi connectivity index (χ3n) is 3.32. The van der Waals surface area contributed by atoms with Crippen LogP contribution >= 0.6 is 0 Å². The highest BCUT2D eigenvalue weighted by Gasteiger charge is 2.26. The number of amides is 2. The molecule has 1 aliphatic heterocycles. The van der Waals surface area contributed by atoms with Gasteiger partial charge in [0.05, 0.1) is 17.8 Å². The van der Waals surface area contributed by atoms with Crippen molar-refractivity contribution in [3.8, 4) is 0 Å². The number of carbonyl (C=O) groups is 2. The Morgan fingerprint density at radius 2 is 2.00 bits per heavy atom. The predicted molar refractivity (Wildman–Crippen MR) is 77.5 cm³/mol. The minimum absolute atomic E-state index is 0.0227. The molecule has 0 atom stereocenters. The van der Waals surface area contributed by atoms with Gasteiger partial charge < -0.3 is 10.2 Å². The van der Waals surface area contributed by atoms with E-state index >= 15 is 0 Å². The Kier molecular flexibility index (Phi) is 3.39. The molecule has 0 unspecified atom stereocenters. The molecule has 5 heteroatoms. The Balaban J connectivity index is 1.86. The summed E-state index contributed by atoms with van der Waals surface area (Å²) in [7, 11) is 0. The minimum Gasteiger partial charge on any atom is -0.323 e. The molecule has 2 amide bonds. The van der Waals surface area contributed by atoms with Crippen LogP contribution in [-0.4, -0.2) is 18.4 Å². The molecule has 0 radical (unpaired) electrons. The second-order valence-corrected chi connectivity index (χ2v) is 4.85. The summed E-state index contributed by atoms with van der Waals surface area (Å²) in [5, 5.41) is 2.72. The molecule has 21 heavy (non-hydrogen) atoms. The second-order valence-electron chi connectivity index (χ2n) is 4.85. The van der Waals surface area contributed by atoms with Crippen LogP contribution < -0.4 is 10.2 Å². The molecule has 0 aliphatic carbocycles. The normalized spacial score (nSPS) is 13.6. The van der Waals surface area contributed by atoms with E-state index in [1.165, 1.54) is 17.0 Å².